The fourth-order valence-electron chi connectivity index (χ4n) is 3.84. The van der Waals surface area contributed by atoms with E-state index in [1.54, 1.807) is 30.3 Å². The molecule has 10 nitrogen and oxygen atoms in total. The number of amides is 2. The van der Waals surface area contributed by atoms with Crippen LogP contribution in [-0.2, 0) is 19.6 Å². The van der Waals surface area contributed by atoms with Crippen molar-refractivity contribution < 1.29 is 22.9 Å². The number of hydrogen-bond acceptors (Lipinski definition) is 7. The van der Waals surface area contributed by atoms with E-state index < -0.39 is 42.3 Å². The third kappa shape index (κ3) is 7.63. The zero-order valence-electron chi connectivity index (χ0n) is 21.4. The molecule has 0 aliphatic carbocycles. The van der Waals surface area contributed by atoms with Crippen LogP contribution in [0.2, 0.25) is 5.02 Å². The number of rotatable bonds is 12. The Morgan fingerprint density at radius 3 is 2.44 bits per heavy atom. The summed E-state index contributed by atoms with van der Waals surface area (Å²) < 4.78 is 27.1. The second kappa shape index (κ2) is 13.3. The highest BCUT2D eigenvalue weighted by Crippen LogP contribution is 2.34. The number of nitro benzene ring substituents is 1. The molecule has 0 unspecified atom stereocenters. The first-order valence-electron chi connectivity index (χ1n) is 12.1. The van der Waals surface area contributed by atoms with E-state index in [-0.39, 0.29) is 17.8 Å². The molecular formula is C28H25ClN4O6S2. The Morgan fingerprint density at radius 2 is 1.78 bits per heavy atom. The van der Waals surface area contributed by atoms with Gasteiger partial charge in [-0.25, -0.2) is 23.6 Å². The van der Waals surface area contributed by atoms with Crippen molar-refractivity contribution in [3.8, 4) is 0 Å². The maximum atomic E-state index is 13.3. The summed E-state index contributed by atoms with van der Waals surface area (Å²) in [5, 5.41) is 22.1. The molecule has 0 spiro atoms. The predicted molar refractivity (Wildman–Crippen MR) is 165 cm³/mol. The number of sulfonamides is 1. The number of hydrogen-bond donors (Lipinski definition) is 3. The first-order valence-corrected chi connectivity index (χ1v) is 15.6. The molecular weight excluding hydrogens is 588 g/mol. The van der Waals surface area contributed by atoms with Crippen LogP contribution in [-0.4, -0.2) is 38.0 Å². The standard InChI is InChI=1S/C28H25ClN4O6S2/c29-22-5-3-4-21(18-22)6-13-28(35)31-23-7-9-24(10-8-23)32(20-34)41(38,39)25-11-12-26(27(19-25)33(36)37)30-14-17-40-15-1-2-16-40/h1-13,15-16,18-20,30,40H,14,17H2,(H,31,35). The van der Waals surface area contributed by atoms with Crippen LogP contribution in [0.3, 0.4) is 0 Å². The number of benzene rings is 3. The van der Waals surface area contributed by atoms with Crippen molar-refractivity contribution in [3.63, 3.8) is 0 Å². The van der Waals surface area contributed by atoms with Gasteiger partial charge in [0, 0.05) is 29.4 Å². The summed E-state index contributed by atoms with van der Waals surface area (Å²) in [6, 6.07) is 15.9. The number of nitro groups is 1. The van der Waals surface area contributed by atoms with E-state index in [4.69, 9.17) is 11.6 Å². The lowest BCUT2D eigenvalue weighted by Crippen LogP contribution is -2.29. The van der Waals surface area contributed by atoms with Gasteiger partial charge in [0.2, 0.25) is 12.3 Å². The molecule has 2 N–H and O–H groups in total. The van der Waals surface area contributed by atoms with Gasteiger partial charge in [-0.1, -0.05) is 35.9 Å². The van der Waals surface area contributed by atoms with Crippen molar-refractivity contribution in [2.45, 2.75) is 4.90 Å². The molecule has 0 saturated carbocycles. The van der Waals surface area contributed by atoms with Gasteiger partial charge in [0.25, 0.3) is 15.7 Å². The minimum atomic E-state index is -4.48. The minimum absolute atomic E-state index is 0.0164. The molecule has 0 aromatic heterocycles. The highest BCUT2D eigenvalue weighted by Gasteiger charge is 2.28. The molecule has 41 heavy (non-hydrogen) atoms. The highest BCUT2D eigenvalue weighted by molar-refractivity contribution is 8.22. The summed E-state index contributed by atoms with van der Waals surface area (Å²) in [6.07, 6.45) is 6.92. The number of nitrogens with zero attached hydrogens (tertiary/aromatic N) is 2. The van der Waals surface area contributed by atoms with Gasteiger partial charge >= 0.3 is 0 Å². The average Bonchev–Trinajstić information content (AvgIpc) is 3.47. The Labute approximate surface area is 244 Å². The van der Waals surface area contributed by atoms with Crippen LogP contribution in [0.5, 0.6) is 0 Å². The molecule has 0 fully saturated rings. The van der Waals surface area contributed by atoms with Crippen molar-refractivity contribution in [1.82, 2.24) is 0 Å². The molecule has 0 bridgehead atoms. The minimum Gasteiger partial charge on any atom is -0.379 e. The average molecular weight is 613 g/mol. The number of carbonyl (C=O) groups excluding carboxylic acids is 2. The van der Waals surface area contributed by atoms with Crippen molar-refractivity contribution in [2.24, 2.45) is 0 Å². The number of thiol groups is 1. The van der Waals surface area contributed by atoms with Gasteiger partial charge in [-0.2, -0.15) is 0 Å². The molecule has 1 aliphatic rings. The molecule has 3 aromatic rings. The van der Waals surface area contributed by atoms with Gasteiger partial charge in [-0.15, -0.1) is 0 Å². The number of nitrogens with one attached hydrogen (secondary N) is 2. The van der Waals surface area contributed by atoms with Crippen molar-refractivity contribution in [1.29, 1.82) is 0 Å². The summed E-state index contributed by atoms with van der Waals surface area (Å²) in [7, 11) is -4.89. The second-order valence-electron chi connectivity index (χ2n) is 8.61. The lowest BCUT2D eigenvalue weighted by molar-refractivity contribution is -0.384. The molecule has 4 rings (SSSR count). The summed E-state index contributed by atoms with van der Waals surface area (Å²) in [5.41, 5.74) is 0.828. The smallest absolute Gasteiger partial charge is 0.293 e. The van der Waals surface area contributed by atoms with Gasteiger partial charge in [-0.05, 0) is 76.7 Å². The van der Waals surface area contributed by atoms with E-state index in [1.165, 1.54) is 42.5 Å². The summed E-state index contributed by atoms with van der Waals surface area (Å²) in [4.78, 5) is 34.8. The Morgan fingerprint density at radius 1 is 1.05 bits per heavy atom. The SMILES string of the molecule is O=CN(c1ccc(NC(=O)C=Cc2cccc(Cl)c2)cc1)S(=O)(=O)c1ccc(NCC[SH]2C=CC=C2)c([N+](=O)[O-])c1. The molecule has 1 aliphatic heterocycles. The topological polar surface area (TPSA) is 139 Å². The van der Waals surface area contributed by atoms with Gasteiger partial charge in [0.15, 0.2) is 0 Å². The molecule has 2 amide bonds. The first-order chi connectivity index (χ1) is 19.7. The third-order valence-electron chi connectivity index (χ3n) is 5.84. The van der Waals surface area contributed by atoms with Crippen LogP contribution >= 0.6 is 22.5 Å². The third-order valence-corrected chi connectivity index (χ3v) is 9.58. The lowest BCUT2D eigenvalue weighted by Gasteiger charge is -2.18. The Bertz CT molecular complexity index is 1640. The van der Waals surface area contributed by atoms with Crippen LogP contribution in [0.25, 0.3) is 6.08 Å². The number of halogens is 1. The highest BCUT2D eigenvalue weighted by atomic mass is 35.5. The van der Waals surface area contributed by atoms with Crippen LogP contribution in [0.1, 0.15) is 5.56 Å². The van der Waals surface area contributed by atoms with E-state index in [9.17, 15) is 28.1 Å². The lowest BCUT2D eigenvalue weighted by atomic mass is 10.2. The van der Waals surface area contributed by atoms with Crippen LogP contribution in [0.15, 0.2) is 101 Å². The van der Waals surface area contributed by atoms with E-state index >= 15 is 0 Å². The van der Waals surface area contributed by atoms with Crippen molar-refractivity contribution in [3.05, 3.63) is 116 Å². The molecule has 13 heteroatoms. The van der Waals surface area contributed by atoms with Gasteiger partial charge in [-0.3, -0.25) is 19.7 Å². The monoisotopic (exact) mass is 612 g/mol. The van der Waals surface area contributed by atoms with Gasteiger partial charge < -0.3 is 10.6 Å². The largest absolute Gasteiger partial charge is 0.379 e. The van der Waals surface area contributed by atoms with Crippen LogP contribution in [0, 0.1) is 10.1 Å². The normalized spacial score (nSPS) is 13.3. The maximum absolute atomic E-state index is 13.3. The first kappa shape index (κ1) is 29.6. The van der Waals surface area contributed by atoms with Gasteiger partial charge in [0.1, 0.15) is 5.69 Å². The van der Waals surface area contributed by atoms with Crippen LogP contribution in [0.4, 0.5) is 22.7 Å². The Balaban J connectivity index is 1.46. The zero-order chi connectivity index (χ0) is 29.4. The maximum Gasteiger partial charge on any atom is 0.293 e. The fourth-order valence-corrected chi connectivity index (χ4v) is 6.69. The number of anilines is 3. The van der Waals surface area contributed by atoms with E-state index in [0.717, 1.165) is 17.4 Å². The molecule has 212 valence electrons. The van der Waals surface area contributed by atoms with Crippen LogP contribution < -0.4 is 14.9 Å². The van der Waals surface area contributed by atoms with Crippen molar-refractivity contribution >= 4 is 73.7 Å². The molecule has 1 heterocycles. The van der Waals surface area contributed by atoms with E-state index in [0.29, 0.717) is 21.6 Å². The number of carbonyl (C=O) groups is 2. The number of allylic oxidation sites excluding steroid dienone is 2. The van der Waals surface area contributed by atoms with E-state index in [2.05, 4.69) is 21.4 Å². The molecule has 3 aromatic carbocycles. The zero-order valence-corrected chi connectivity index (χ0v) is 23.9. The summed E-state index contributed by atoms with van der Waals surface area (Å²) >= 11 is 5.94. The fraction of sp³-hybridized carbons (Fsp3) is 0.0714. The second-order valence-corrected chi connectivity index (χ2v) is 12.9. The predicted octanol–water partition coefficient (Wildman–Crippen LogP) is 5.71. The van der Waals surface area contributed by atoms with Crippen molar-refractivity contribution in [2.75, 3.05) is 27.2 Å². The quantitative estimate of drug-likeness (QED) is 0.0783. The van der Waals surface area contributed by atoms with Gasteiger partial charge in [0.05, 0.1) is 15.5 Å². The molecule has 0 radical (unpaired) electrons. The Kier molecular flexibility index (Phi) is 9.61. The molecule has 0 atom stereocenters. The van der Waals surface area contributed by atoms with E-state index in [1.807, 2.05) is 12.2 Å². The molecule has 0 saturated heterocycles. The Hall–Kier alpha value is -4.39. The summed E-state index contributed by atoms with van der Waals surface area (Å²) in [5.74, 6) is 0.337. The summed E-state index contributed by atoms with van der Waals surface area (Å²) in [6.45, 7) is 0.465.